The number of benzene rings is 3. The topological polar surface area (TPSA) is 43.2 Å². The van der Waals surface area contributed by atoms with E-state index in [-0.39, 0.29) is 11.9 Å². The van der Waals surface area contributed by atoms with Crippen LogP contribution in [-0.4, -0.2) is 33.0 Å². The lowest BCUT2D eigenvalue weighted by atomic mass is 10.1. The summed E-state index contributed by atoms with van der Waals surface area (Å²) in [4.78, 5) is 2.34. The summed E-state index contributed by atoms with van der Waals surface area (Å²) in [5.41, 5.74) is 3.45. The summed E-state index contributed by atoms with van der Waals surface area (Å²) >= 11 is 18.4. The third-order valence-corrected chi connectivity index (χ3v) is 7.02. The number of halogens is 4. The van der Waals surface area contributed by atoms with Crippen molar-refractivity contribution in [2.45, 2.75) is 25.6 Å². The Bertz CT molecular complexity index is 1330. The lowest BCUT2D eigenvalue weighted by Gasteiger charge is -2.16. The van der Waals surface area contributed by atoms with Crippen LogP contribution in [0.2, 0.25) is 15.1 Å². The zero-order chi connectivity index (χ0) is 24.4. The van der Waals surface area contributed by atoms with Crippen molar-refractivity contribution < 1.29 is 9.13 Å². The molecule has 1 unspecified atom stereocenters. The fourth-order valence-electron chi connectivity index (χ4n) is 4.22. The molecular formula is C26H22Cl3FN4O. The van der Waals surface area contributed by atoms with Gasteiger partial charge in [0.2, 0.25) is 0 Å². The van der Waals surface area contributed by atoms with Gasteiger partial charge in [0.15, 0.2) is 0 Å². The molecule has 0 spiro atoms. The van der Waals surface area contributed by atoms with E-state index in [1.807, 2.05) is 41.2 Å². The van der Waals surface area contributed by atoms with Crippen molar-refractivity contribution in [2.24, 2.45) is 0 Å². The molecule has 3 aromatic carbocycles. The van der Waals surface area contributed by atoms with E-state index in [0.717, 1.165) is 42.7 Å². The predicted octanol–water partition coefficient (Wildman–Crippen LogP) is 7.07. The van der Waals surface area contributed by atoms with E-state index < -0.39 is 0 Å². The zero-order valence-corrected chi connectivity index (χ0v) is 20.9. The minimum atomic E-state index is -0.218. The number of likely N-dealkylation sites (tertiary alicyclic amines) is 1. The zero-order valence-electron chi connectivity index (χ0n) is 18.7. The maximum atomic E-state index is 13.2. The van der Waals surface area contributed by atoms with Crippen LogP contribution in [0.1, 0.15) is 23.6 Å². The second kappa shape index (κ2) is 10.5. The summed E-state index contributed by atoms with van der Waals surface area (Å²) in [5.74, 6) is 0.432. The van der Waals surface area contributed by atoms with E-state index in [4.69, 9.17) is 39.5 Å². The lowest BCUT2D eigenvalue weighted by Crippen LogP contribution is -2.21. The van der Waals surface area contributed by atoms with Gasteiger partial charge in [-0.25, -0.2) is 9.07 Å². The summed E-state index contributed by atoms with van der Waals surface area (Å²) < 4.78 is 21.2. The number of aromatic nitrogens is 3. The maximum absolute atomic E-state index is 13.2. The molecule has 1 atom stereocenters. The molecule has 9 heteroatoms. The molecule has 0 N–H and O–H groups in total. The van der Waals surface area contributed by atoms with Crippen LogP contribution in [-0.2, 0) is 13.2 Å². The summed E-state index contributed by atoms with van der Waals surface area (Å²) in [6, 6.07) is 17.7. The summed E-state index contributed by atoms with van der Waals surface area (Å²) in [5, 5.41) is 10.4. The van der Waals surface area contributed by atoms with E-state index in [2.05, 4.69) is 15.2 Å². The van der Waals surface area contributed by atoms with Crippen molar-refractivity contribution in [3.63, 3.8) is 0 Å². The number of hydrogen-bond acceptors (Lipinski definition) is 4. The molecule has 0 radical (unpaired) electrons. The molecule has 5 nitrogen and oxygen atoms in total. The second-order valence-corrected chi connectivity index (χ2v) is 9.82. The minimum Gasteiger partial charge on any atom is -0.488 e. The van der Waals surface area contributed by atoms with Gasteiger partial charge in [0.1, 0.15) is 23.9 Å². The molecule has 1 aliphatic heterocycles. The van der Waals surface area contributed by atoms with Gasteiger partial charge in [-0.3, -0.25) is 4.90 Å². The standard InChI is InChI=1S/C26H22Cl3FN4O/c27-19-4-8-26(35-16-18-3-7-23(28)24(29)11-18)22(12-19)25-15-34(32-31-25)21-9-10-33(14-21)13-17-1-5-20(30)6-2-17/h1-8,11-12,15,21H,9-10,13-14,16H2. The molecule has 1 aliphatic rings. The first kappa shape index (κ1) is 24.1. The summed E-state index contributed by atoms with van der Waals surface area (Å²) in [6.07, 6.45) is 2.89. The Hall–Kier alpha value is -2.64. The molecule has 4 aromatic rings. The number of rotatable bonds is 7. The van der Waals surface area contributed by atoms with Gasteiger partial charge >= 0.3 is 0 Å². The van der Waals surface area contributed by atoms with E-state index in [1.54, 1.807) is 18.2 Å². The number of ether oxygens (including phenoxy) is 1. The van der Waals surface area contributed by atoms with Crippen LogP contribution < -0.4 is 4.74 Å². The molecule has 1 fully saturated rings. The highest BCUT2D eigenvalue weighted by Gasteiger charge is 2.25. The average molecular weight is 532 g/mol. The van der Waals surface area contributed by atoms with Crippen molar-refractivity contribution in [3.05, 3.63) is 98.9 Å². The van der Waals surface area contributed by atoms with Crippen molar-refractivity contribution in [3.8, 4) is 17.0 Å². The van der Waals surface area contributed by atoms with Crippen LogP contribution in [0.3, 0.4) is 0 Å². The molecule has 2 heterocycles. The molecule has 0 aliphatic carbocycles. The molecule has 35 heavy (non-hydrogen) atoms. The third-order valence-electron chi connectivity index (χ3n) is 6.05. The monoisotopic (exact) mass is 530 g/mol. The van der Waals surface area contributed by atoms with Gasteiger partial charge in [0.05, 0.1) is 22.3 Å². The highest BCUT2D eigenvalue weighted by Crippen LogP contribution is 2.33. The van der Waals surface area contributed by atoms with Gasteiger partial charge in [-0.1, -0.05) is 58.2 Å². The largest absolute Gasteiger partial charge is 0.488 e. The minimum absolute atomic E-state index is 0.205. The van der Waals surface area contributed by atoms with Crippen molar-refractivity contribution >= 4 is 34.8 Å². The van der Waals surface area contributed by atoms with E-state index in [1.165, 1.54) is 12.1 Å². The number of hydrogen-bond donors (Lipinski definition) is 0. The van der Waals surface area contributed by atoms with E-state index in [0.29, 0.717) is 33.1 Å². The molecule has 0 saturated carbocycles. The van der Waals surface area contributed by atoms with Crippen molar-refractivity contribution in [1.82, 2.24) is 19.9 Å². The van der Waals surface area contributed by atoms with Crippen LogP contribution in [0.15, 0.2) is 66.9 Å². The Morgan fingerprint density at radius 1 is 0.943 bits per heavy atom. The Kier molecular flexibility index (Phi) is 7.25. The maximum Gasteiger partial charge on any atom is 0.129 e. The van der Waals surface area contributed by atoms with Gasteiger partial charge in [0, 0.05) is 30.2 Å². The molecule has 1 saturated heterocycles. The van der Waals surface area contributed by atoms with Gasteiger partial charge in [0.25, 0.3) is 0 Å². The fourth-order valence-corrected chi connectivity index (χ4v) is 4.71. The van der Waals surface area contributed by atoms with Crippen LogP contribution >= 0.6 is 34.8 Å². The lowest BCUT2D eigenvalue weighted by molar-refractivity contribution is 0.307. The first-order valence-electron chi connectivity index (χ1n) is 11.2. The highest BCUT2D eigenvalue weighted by molar-refractivity contribution is 6.42. The normalized spacial score (nSPS) is 16.1. The Morgan fingerprint density at radius 2 is 1.74 bits per heavy atom. The van der Waals surface area contributed by atoms with Crippen LogP contribution in [0.4, 0.5) is 4.39 Å². The first-order valence-corrected chi connectivity index (χ1v) is 12.3. The predicted molar refractivity (Wildman–Crippen MR) is 137 cm³/mol. The Morgan fingerprint density at radius 3 is 2.54 bits per heavy atom. The molecular weight excluding hydrogens is 510 g/mol. The molecule has 5 rings (SSSR count). The van der Waals surface area contributed by atoms with Gasteiger partial charge in [-0.05, 0) is 60.0 Å². The summed E-state index contributed by atoms with van der Waals surface area (Å²) in [6.45, 7) is 2.88. The average Bonchev–Trinajstić information content (AvgIpc) is 3.52. The van der Waals surface area contributed by atoms with Gasteiger partial charge in [-0.2, -0.15) is 0 Å². The second-order valence-electron chi connectivity index (χ2n) is 8.57. The SMILES string of the molecule is Fc1ccc(CN2CCC(n3cc(-c4cc(Cl)ccc4OCc4ccc(Cl)c(Cl)c4)nn3)C2)cc1. The summed E-state index contributed by atoms with van der Waals surface area (Å²) in [7, 11) is 0. The van der Waals surface area contributed by atoms with Crippen LogP contribution in [0, 0.1) is 5.82 Å². The Balaban J connectivity index is 1.28. The van der Waals surface area contributed by atoms with Gasteiger partial charge in [-0.15, -0.1) is 5.10 Å². The third kappa shape index (κ3) is 5.78. The number of nitrogens with zero attached hydrogens (tertiary/aromatic N) is 4. The van der Waals surface area contributed by atoms with E-state index >= 15 is 0 Å². The quantitative estimate of drug-likeness (QED) is 0.256. The van der Waals surface area contributed by atoms with Crippen molar-refractivity contribution in [1.29, 1.82) is 0 Å². The smallest absolute Gasteiger partial charge is 0.129 e. The van der Waals surface area contributed by atoms with Crippen LogP contribution in [0.5, 0.6) is 5.75 Å². The van der Waals surface area contributed by atoms with Crippen molar-refractivity contribution in [2.75, 3.05) is 13.1 Å². The van der Waals surface area contributed by atoms with E-state index in [9.17, 15) is 4.39 Å². The molecule has 0 bridgehead atoms. The fraction of sp³-hybridized carbons (Fsp3) is 0.231. The van der Waals surface area contributed by atoms with Gasteiger partial charge < -0.3 is 4.74 Å². The first-order chi connectivity index (χ1) is 16.9. The highest BCUT2D eigenvalue weighted by atomic mass is 35.5. The molecule has 180 valence electrons. The van der Waals surface area contributed by atoms with Crippen LogP contribution in [0.25, 0.3) is 11.3 Å². The molecule has 1 aromatic heterocycles. The molecule has 0 amide bonds. The Labute approximate surface area is 218 Å².